The maximum absolute atomic E-state index is 11.6. The summed E-state index contributed by atoms with van der Waals surface area (Å²) >= 11 is 0. The zero-order chi connectivity index (χ0) is 23.2. The van der Waals surface area contributed by atoms with E-state index in [0.717, 1.165) is 6.33 Å². The van der Waals surface area contributed by atoms with Crippen LogP contribution in [0.1, 0.15) is 6.23 Å². The number of phosphoric acid groups is 3. The van der Waals surface area contributed by atoms with Gasteiger partial charge in [-0.05, 0) is 0 Å². The summed E-state index contributed by atoms with van der Waals surface area (Å²) in [4.78, 5) is 51.3. The van der Waals surface area contributed by atoms with Crippen molar-refractivity contribution in [2.24, 2.45) is 0 Å². The van der Waals surface area contributed by atoms with Crippen LogP contribution < -0.4 is 74.6 Å². The second kappa shape index (κ2) is 15.3. The van der Waals surface area contributed by atoms with Gasteiger partial charge in [-0.3, -0.25) is 13.7 Å². The van der Waals surface area contributed by atoms with Gasteiger partial charge in [-0.2, -0.15) is 0 Å². The third-order valence-electron chi connectivity index (χ3n) is 3.80. The van der Waals surface area contributed by atoms with E-state index in [4.69, 9.17) is 20.3 Å². The van der Waals surface area contributed by atoms with Crippen molar-refractivity contribution in [3.8, 4) is 0 Å². The SMILES string of the molecule is Nc1ncnc2c1ncn2[C@@H]1O[C@H](COP(=O)([O-])OP(=O)([O-])OP(=O)(O)O)[C@@H](O)[C@H]1O.O.O.O.[Na+].[Na+]. The normalized spacial score (nSPS) is 24.5. The molecule has 21 nitrogen and oxygen atoms in total. The minimum Gasteiger partial charge on any atom is -0.756 e. The van der Waals surface area contributed by atoms with E-state index in [9.17, 15) is 33.7 Å². The number of anilines is 1. The van der Waals surface area contributed by atoms with Crippen LogP contribution in [0.2, 0.25) is 0 Å². The van der Waals surface area contributed by atoms with Gasteiger partial charge in [0.1, 0.15) is 30.2 Å². The fourth-order valence-electron chi connectivity index (χ4n) is 2.61. The number of rotatable bonds is 8. The molecule has 26 heteroatoms. The molecule has 1 aliphatic rings. The van der Waals surface area contributed by atoms with Gasteiger partial charge in [-0.15, -0.1) is 0 Å². The number of aromatic nitrogens is 4. The molecular weight excluding hydrogens is 585 g/mol. The van der Waals surface area contributed by atoms with Crippen molar-refractivity contribution in [1.82, 2.24) is 19.5 Å². The summed E-state index contributed by atoms with van der Waals surface area (Å²) in [5, 5.41) is 20.4. The van der Waals surface area contributed by atoms with Gasteiger partial charge in [-0.1, -0.05) is 0 Å². The van der Waals surface area contributed by atoms with Crippen molar-refractivity contribution < 1.29 is 137 Å². The summed E-state index contributed by atoms with van der Waals surface area (Å²) < 4.78 is 50.9. The molecule has 0 radical (unpaired) electrons. The number of hydrogen-bond donors (Lipinski definition) is 5. The average molecular weight is 605 g/mol. The zero-order valence-electron chi connectivity index (χ0n) is 18.3. The molecule has 3 heterocycles. The Balaban J connectivity index is -0.00000218. The summed E-state index contributed by atoms with van der Waals surface area (Å²) in [7, 11) is -17.4. The summed E-state index contributed by atoms with van der Waals surface area (Å²) in [6, 6.07) is 0. The molecule has 1 aliphatic heterocycles. The van der Waals surface area contributed by atoms with Crippen LogP contribution >= 0.6 is 23.5 Å². The van der Waals surface area contributed by atoms with E-state index in [1.165, 1.54) is 10.9 Å². The Morgan fingerprint density at radius 3 is 2.14 bits per heavy atom. The molecule has 36 heavy (non-hydrogen) atoms. The number of aliphatic hydroxyl groups is 2. The number of fused-ring (bicyclic) bond motifs is 1. The monoisotopic (exact) mass is 605 g/mol. The quantitative estimate of drug-likeness (QED) is 0.138. The van der Waals surface area contributed by atoms with E-state index in [0.29, 0.717) is 0 Å². The Morgan fingerprint density at radius 2 is 1.58 bits per heavy atom. The molecule has 0 amide bonds. The molecule has 6 atom stereocenters. The van der Waals surface area contributed by atoms with E-state index < -0.39 is 54.6 Å². The Labute approximate surface area is 244 Å². The smallest absolute Gasteiger partial charge is 0.756 e. The summed E-state index contributed by atoms with van der Waals surface area (Å²) in [6.07, 6.45) is -3.89. The van der Waals surface area contributed by atoms with Crippen molar-refractivity contribution in [3.63, 3.8) is 0 Å². The molecule has 2 aromatic heterocycles. The number of imidazole rings is 1. The van der Waals surface area contributed by atoms with Gasteiger partial charge in [0, 0.05) is 0 Å². The number of ether oxygens (including phenoxy) is 1. The Bertz CT molecular complexity index is 1120. The maximum Gasteiger partial charge on any atom is 1.00 e. The van der Waals surface area contributed by atoms with Crippen LogP contribution in [-0.4, -0.2) is 80.9 Å². The van der Waals surface area contributed by atoms with E-state index >= 15 is 0 Å². The third kappa shape index (κ3) is 10.2. The summed E-state index contributed by atoms with van der Waals surface area (Å²) in [5.74, 6) is 0.0284. The number of hydrogen-bond acceptors (Lipinski definition) is 15. The molecule has 2 unspecified atom stereocenters. The second-order valence-electron chi connectivity index (χ2n) is 5.97. The molecule has 0 spiro atoms. The van der Waals surface area contributed by atoms with Gasteiger partial charge in [-0.25, -0.2) is 28.1 Å². The Hall–Kier alpha value is 0.520. The first-order valence-corrected chi connectivity index (χ1v) is 12.3. The molecule has 0 aliphatic carbocycles. The number of nitrogens with two attached hydrogens (primary N) is 1. The largest absolute Gasteiger partial charge is 1.00 e. The number of nitrogen functional groups attached to an aromatic ring is 1. The first-order valence-electron chi connectivity index (χ1n) is 7.88. The van der Waals surface area contributed by atoms with Crippen LogP contribution in [-0.2, 0) is 31.6 Å². The van der Waals surface area contributed by atoms with Crippen LogP contribution in [0.4, 0.5) is 5.82 Å². The Morgan fingerprint density at radius 1 is 1.00 bits per heavy atom. The molecule has 1 fully saturated rings. The maximum atomic E-state index is 11.6. The van der Waals surface area contributed by atoms with E-state index in [-0.39, 0.29) is 92.5 Å². The van der Waals surface area contributed by atoms with E-state index in [1.807, 2.05) is 0 Å². The first-order chi connectivity index (χ1) is 14.2. The zero-order valence-corrected chi connectivity index (χ0v) is 25.0. The van der Waals surface area contributed by atoms with E-state index in [1.54, 1.807) is 0 Å². The summed E-state index contributed by atoms with van der Waals surface area (Å²) in [5.41, 5.74) is 5.95. The summed E-state index contributed by atoms with van der Waals surface area (Å²) in [6.45, 7) is -1.05. The van der Waals surface area contributed by atoms with Gasteiger partial charge in [0.2, 0.25) is 0 Å². The van der Waals surface area contributed by atoms with Gasteiger partial charge >= 0.3 is 66.9 Å². The molecule has 3 rings (SSSR count). The predicted molar refractivity (Wildman–Crippen MR) is 102 cm³/mol. The number of phosphoric ester groups is 1. The topological polar surface area (TPSA) is 379 Å². The predicted octanol–water partition coefficient (Wildman–Crippen LogP) is -11.4. The standard InChI is InChI=1S/C10H16N5O13P3.2Na.3H2O/c11-8-5-9(13-2-12-8)15(3-14-5)10-7(17)6(16)4(26-10)1-25-30(21,22)28-31(23,24)27-29(18,19)20;;;;;/h2-4,6-7,10,16-17H,1H2,(H,21,22)(H,23,24)(H2,11,12,13)(H2,18,19,20);;;3*1H2/q;2*+1;;;/p-2/t4-,6-,7-,10-;;;;;/m1...../s1. The molecule has 1 saturated heterocycles. The molecule has 198 valence electrons. The van der Waals surface area contributed by atoms with Crippen molar-refractivity contribution in [3.05, 3.63) is 12.7 Å². The molecular formula is C10H20N5Na2O16P3. The molecule has 2 aromatic rings. The van der Waals surface area contributed by atoms with Crippen molar-refractivity contribution in [2.45, 2.75) is 24.5 Å². The second-order valence-corrected chi connectivity index (χ2v) is 10.3. The molecule has 0 bridgehead atoms. The van der Waals surface area contributed by atoms with Crippen LogP contribution in [0.25, 0.3) is 11.2 Å². The fraction of sp³-hybridized carbons (Fsp3) is 0.500. The average Bonchev–Trinajstić information content (AvgIpc) is 3.13. The van der Waals surface area contributed by atoms with Crippen LogP contribution in [0.15, 0.2) is 12.7 Å². The van der Waals surface area contributed by atoms with E-state index in [2.05, 4.69) is 28.1 Å². The van der Waals surface area contributed by atoms with Crippen LogP contribution in [0.5, 0.6) is 0 Å². The van der Waals surface area contributed by atoms with Crippen molar-refractivity contribution in [2.75, 3.05) is 12.3 Å². The number of nitrogens with zero attached hydrogens (tertiary/aromatic N) is 4. The van der Waals surface area contributed by atoms with Crippen LogP contribution in [0.3, 0.4) is 0 Å². The minimum absolute atomic E-state index is 0. The third-order valence-corrected chi connectivity index (χ3v) is 7.52. The first kappa shape index (κ1) is 41.0. The molecule has 0 saturated carbocycles. The van der Waals surface area contributed by atoms with Gasteiger partial charge in [0.05, 0.1) is 12.9 Å². The Kier molecular flexibility index (Phi) is 17.5. The van der Waals surface area contributed by atoms with Gasteiger partial charge in [0.25, 0.3) is 15.6 Å². The molecule has 12 N–H and O–H groups in total. The van der Waals surface area contributed by atoms with Gasteiger partial charge in [0.15, 0.2) is 17.7 Å². The van der Waals surface area contributed by atoms with Gasteiger partial charge < -0.3 is 61.2 Å². The van der Waals surface area contributed by atoms with Crippen molar-refractivity contribution in [1.29, 1.82) is 0 Å². The molecule has 0 aromatic carbocycles. The minimum atomic E-state index is -6.01. The number of aliphatic hydroxyl groups excluding tert-OH is 2. The van der Waals surface area contributed by atoms with Crippen molar-refractivity contribution >= 4 is 40.4 Å². The van der Waals surface area contributed by atoms with Crippen LogP contribution in [0, 0.1) is 0 Å². The fourth-order valence-corrected chi connectivity index (χ4v) is 5.54.